The number of carboxylic acids is 1. The number of nitrogens with one attached hydrogen (secondary N) is 2. The van der Waals surface area contributed by atoms with Gasteiger partial charge in [0.15, 0.2) is 5.54 Å². The van der Waals surface area contributed by atoms with Crippen LogP contribution in [0, 0.1) is 5.92 Å². The number of carboxylic acid groups (broad SMARTS) is 1. The number of rotatable bonds is 4. The van der Waals surface area contributed by atoms with Gasteiger partial charge in [0.25, 0.3) is 0 Å². The van der Waals surface area contributed by atoms with Crippen LogP contribution in [0.1, 0.15) is 38.7 Å². The lowest BCUT2D eigenvalue weighted by molar-refractivity contribution is -0.144. The number of hydrogen-bond donors (Lipinski definition) is 3. The van der Waals surface area contributed by atoms with Gasteiger partial charge in [-0.05, 0) is 37.7 Å². The summed E-state index contributed by atoms with van der Waals surface area (Å²) < 4.78 is 0. The summed E-state index contributed by atoms with van der Waals surface area (Å²) in [5.74, 6) is -0.473. The molecule has 114 valence electrons. The fraction of sp³-hybridized carbons (Fsp3) is 0.500. The van der Waals surface area contributed by atoms with E-state index in [1.165, 1.54) is 6.92 Å². The number of hydrogen-bond acceptors (Lipinski definition) is 2. The van der Waals surface area contributed by atoms with Crippen LogP contribution >= 0.6 is 0 Å². The molecule has 0 heterocycles. The predicted octanol–water partition coefficient (Wildman–Crippen LogP) is 2.47. The molecule has 1 aliphatic rings. The van der Waals surface area contributed by atoms with Gasteiger partial charge in [0.2, 0.25) is 0 Å². The minimum absolute atomic E-state index is 0.133. The number of benzene rings is 1. The Morgan fingerprint density at radius 2 is 1.90 bits per heavy atom. The molecule has 1 aromatic rings. The summed E-state index contributed by atoms with van der Waals surface area (Å²) in [7, 11) is 0. The standard InChI is InChI=1S/C16H22N2O3/c1-11-8-9-13(10-11)17-15(21)18-16(2,14(19)20)12-6-4-3-5-7-12/h3-7,11,13H,8-10H2,1-2H3,(H,19,20)(H2,17,18,21). The molecule has 3 atom stereocenters. The molecule has 1 aliphatic carbocycles. The van der Waals surface area contributed by atoms with Crippen molar-refractivity contribution in [1.82, 2.24) is 10.6 Å². The van der Waals surface area contributed by atoms with E-state index in [0.29, 0.717) is 11.5 Å². The summed E-state index contributed by atoms with van der Waals surface area (Å²) in [6.07, 6.45) is 2.99. The summed E-state index contributed by atoms with van der Waals surface area (Å²) in [4.78, 5) is 23.7. The average Bonchev–Trinajstić information content (AvgIpc) is 2.84. The Labute approximate surface area is 124 Å². The number of aliphatic carboxylic acids is 1. The van der Waals surface area contributed by atoms with E-state index in [1.807, 2.05) is 6.07 Å². The first kappa shape index (κ1) is 15.4. The van der Waals surface area contributed by atoms with Gasteiger partial charge in [-0.2, -0.15) is 0 Å². The highest BCUT2D eigenvalue weighted by atomic mass is 16.4. The summed E-state index contributed by atoms with van der Waals surface area (Å²) >= 11 is 0. The van der Waals surface area contributed by atoms with Gasteiger partial charge in [0, 0.05) is 6.04 Å². The zero-order chi connectivity index (χ0) is 15.5. The molecule has 3 unspecified atom stereocenters. The van der Waals surface area contributed by atoms with Crippen LogP contribution in [0.5, 0.6) is 0 Å². The minimum Gasteiger partial charge on any atom is -0.479 e. The van der Waals surface area contributed by atoms with Gasteiger partial charge < -0.3 is 15.7 Å². The second kappa shape index (κ2) is 6.16. The summed E-state index contributed by atoms with van der Waals surface area (Å²) in [6.45, 7) is 3.66. The normalized spacial score (nSPS) is 24.1. The third-order valence-corrected chi connectivity index (χ3v) is 4.17. The number of carbonyl (C=O) groups is 2. The molecule has 0 saturated heterocycles. The van der Waals surface area contributed by atoms with Crippen LogP contribution in [0.15, 0.2) is 30.3 Å². The van der Waals surface area contributed by atoms with Crippen molar-refractivity contribution in [2.45, 2.75) is 44.7 Å². The third kappa shape index (κ3) is 3.54. The SMILES string of the molecule is CC1CCC(NC(=O)NC(C)(C(=O)O)c2ccccc2)C1. The predicted molar refractivity (Wildman–Crippen MR) is 79.9 cm³/mol. The average molecular weight is 290 g/mol. The summed E-state index contributed by atoms with van der Waals surface area (Å²) in [5.41, 5.74) is -0.886. The Hall–Kier alpha value is -2.04. The number of carbonyl (C=O) groups excluding carboxylic acids is 1. The second-order valence-corrected chi connectivity index (χ2v) is 6.01. The zero-order valence-corrected chi connectivity index (χ0v) is 12.4. The van der Waals surface area contributed by atoms with Crippen LogP contribution in [0.2, 0.25) is 0 Å². The maximum atomic E-state index is 12.1. The highest BCUT2D eigenvalue weighted by Gasteiger charge is 2.37. The molecule has 0 aromatic heterocycles. The van der Waals surface area contributed by atoms with Crippen LogP contribution in [-0.4, -0.2) is 23.1 Å². The van der Waals surface area contributed by atoms with Gasteiger partial charge in [-0.3, -0.25) is 0 Å². The van der Waals surface area contributed by atoms with Gasteiger partial charge in [-0.25, -0.2) is 9.59 Å². The van der Waals surface area contributed by atoms with E-state index >= 15 is 0 Å². The van der Waals surface area contributed by atoms with Crippen LogP contribution in [0.4, 0.5) is 4.79 Å². The van der Waals surface area contributed by atoms with Crippen molar-refractivity contribution in [1.29, 1.82) is 0 Å². The smallest absolute Gasteiger partial charge is 0.333 e. The molecule has 5 heteroatoms. The molecule has 1 fully saturated rings. The van der Waals surface area contributed by atoms with Gasteiger partial charge in [0.05, 0.1) is 0 Å². The highest BCUT2D eigenvalue weighted by molar-refractivity contribution is 5.87. The number of urea groups is 1. The molecule has 0 bridgehead atoms. The first-order valence-electron chi connectivity index (χ1n) is 7.29. The van der Waals surface area contributed by atoms with Crippen molar-refractivity contribution >= 4 is 12.0 Å². The molecule has 3 N–H and O–H groups in total. The molecule has 0 aliphatic heterocycles. The zero-order valence-electron chi connectivity index (χ0n) is 12.4. The molecule has 1 aromatic carbocycles. The lowest BCUT2D eigenvalue weighted by Crippen LogP contribution is -2.54. The molecule has 0 spiro atoms. The molecule has 2 amide bonds. The van der Waals surface area contributed by atoms with Crippen molar-refractivity contribution in [2.75, 3.05) is 0 Å². The number of amides is 2. The molecule has 0 radical (unpaired) electrons. The molecule has 5 nitrogen and oxygen atoms in total. The molecule has 21 heavy (non-hydrogen) atoms. The van der Waals surface area contributed by atoms with E-state index in [0.717, 1.165) is 19.3 Å². The van der Waals surface area contributed by atoms with Crippen LogP contribution in [-0.2, 0) is 10.3 Å². The van der Waals surface area contributed by atoms with Crippen LogP contribution < -0.4 is 10.6 Å². The maximum Gasteiger partial charge on any atom is 0.333 e. The second-order valence-electron chi connectivity index (χ2n) is 6.01. The topological polar surface area (TPSA) is 78.4 Å². The first-order chi connectivity index (χ1) is 9.91. The van der Waals surface area contributed by atoms with Crippen molar-refractivity contribution < 1.29 is 14.7 Å². The monoisotopic (exact) mass is 290 g/mol. The Balaban J connectivity index is 2.06. The van der Waals surface area contributed by atoms with Crippen molar-refractivity contribution in [3.05, 3.63) is 35.9 Å². The van der Waals surface area contributed by atoms with Crippen molar-refractivity contribution in [3.8, 4) is 0 Å². The Kier molecular flexibility index (Phi) is 4.50. The fourth-order valence-electron chi connectivity index (χ4n) is 2.81. The van der Waals surface area contributed by atoms with Crippen LogP contribution in [0.3, 0.4) is 0 Å². The molecular weight excluding hydrogens is 268 g/mol. The highest BCUT2D eigenvalue weighted by Crippen LogP contribution is 2.25. The van der Waals surface area contributed by atoms with Crippen LogP contribution in [0.25, 0.3) is 0 Å². The summed E-state index contributed by atoms with van der Waals surface area (Å²) in [5, 5.41) is 15.0. The Bertz CT molecular complexity index is 518. The Morgan fingerprint density at radius 1 is 1.24 bits per heavy atom. The fourth-order valence-corrected chi connectivity index (χ4v) is 2.81. The molecular formula is C16H22N2O3. The van der Waals surface area contributed by atoms with Crippen molar-refractivity contribution in [3.63, 3.8) is 0 Å². The molecule has 2 rings (SSSR count). The van der Waals surface area contributed by atoms with E-state index in [2.05, 4.69) is 17.6 Å². The quantitative estimate of drug-likeness (QED) is 0.797. The lowest BCUT2D eigenvalue weighted by Gasteiger charge is -2.27. The van der Waals surface area contributed by atoms with Gasteiger partial charge in [0.1, 0.15) is 0 Å². The largest absolute Gasteiger partial charge is 0.479 e. The molecule has 1 saturated carbocycles. The van der Waals surface area contributed by atoms with Gasteiger partial charge >= 0.3 is 12.0 Å². The van der Waals surface area contributed by atoms with Crippen molar-refractivity contribution in [2.24, 2.45) is 5.92 Å². The minimum atomic E-state index is -1.43. The lowest BCUT2D eigenvalue weighted by atomic mass is 9.92. The van der Waals surface area contributed by atoms with E-state index in [4.69, 9.17) is 0 Å². The summed E-state index contributed by atoms with van der Waals surface area (Å²) in [6, 6.07) is 8.43. The Morgan fingerprint density at radius 3 is 2.43 bits per heavy atom. The van der Waals surface area contributed by atoms with Gasteiger partial charge in [-0.15, -0.1) is 0 Å². The third-order valence-electron chi connectivity index (χ3n) is 4.17. The van der Waals surface area contributed by atoms with Gasteiger partial charge in [-0.1, -0.05) is 37.3 Å². The maximum absolute atomic E-state index is 12.1. The van der Waals surface area contributed by atoms with E-state index in [9.17, 15) is 14.7 Å². The van der Waals surface area contributed by atoms with E-state index in [-0.39, 0.29) is 6.04 Å². The van der Waals surface area contributed by atoms with E-state index in [1.54, 1.807) is 24.3 Å². The van der Waals surface area contributed by atoms with E-state index < -0.39 is 17.5 Å². The first-order valence-corrected chi connectivity index (χ1v) is 7.29.